The van der Waals surface area contributed by atoms with E-state index in [2.05, 4.69) is 10.4 Å². The first-order chi connectivity index (χ1) is 15.3. The second-order valence-electron chi connectivity index (χ2n) is 6.52. The SMILES string of the molecule is COc1cc(C(=O)NCCn2nc(-c3ccc(F)cc3)ccc2=O)c([N+](=O)[O-])cc1OC. The summed E-state index contributed by atoms with van der Waals surface area (Å²) < 4.78 is 24.4. The van der Waals surface area contributed by atoms with Crippen molar-refractivity contribution in [3.05, 3.63) is 80.4 Å². The van der Waals surface area contributed by atoms with Crippen LogP contribution >= 0.6 is 0 Å². The summed E-state index contributed by atoms with van der Waals surface area (Å²) in [4.78, 5) is 35.4. The number of hydrogen-bond donors (Lipinski definition) is 1. The van der Waals surface area contributed by atoms with Crippen molar-refractivity contribution in [3.8, 4) is 22.8 Å². The highest BCUT2D eigenvalue weighted by molar-refractivity contribution is 5.99. The molecular formula is C21H19FN4O6. The smallest absolute Gasteiger partial charge is 0.286 e. The van der Waals surface area contributed by atoms with Crippen molar-refractivity contribution in [2.24, 2.45) is 0 Å². The van der Waals surface area contributed by atoms with Crippen LogP contribution in [0.1, 0.15) is 10.4 Å². The maximum atomic E-state index is 13.1. The fourth-order valence-electron chi connectivity index (χ4n) is 2.96. The van der Waals surface area contributed by atoms with Gasteiger partial charge in [-0.15, -0.1) is 0 Å². The number of carbonyl (C=O) groups excluding carboxylic acids is 1. The number of carbonyl (C=O) groups is 1. The number of nitrogens with one attached hydrogen (secondary N) is 1. The van der Waals surface area contributed by atoms with Gasteiger partial charge >= 0.3 is 0 Å². The molecule has 0 spiro atoms. The van der Waals surface area contributed by atoms with Crippen LogP contribution in [-0.2, 0) is 6.54 Å². The van der Waals surface area contributed by atoms with E-state index in [1.807, 2.05) is 0 Å². The summed E-state index contributed by atoms with van der Waals surface area (Å²) in [6, 6.07) is 10.8. The van der Waals surface area contributed by atoms with Gasteiger partial charge in [0.2, 0.25) is 0 Å². The van der Waals surface area contributed by atoms with Gasteiger partial charge in [-0.1, -0.05) is 0 Å². The van der Waals surface area contributed by atoms with E-state index in [0.717, 1.165) is 10.7 Å². The average Bonchev–Trinajstić information content (AvgIpc) is 2.79. The number of benzene rings is 2. The van der Waals surface area contributed by atoms with Crippen LogP contribution in [-0.4, -0.2) is 41.4 Å². The molecule has 1 heterocycles. The topological polar surface area (TPSA) is 126 Å². The molecule has 0 unspecified atom stereocenters. The molecule has 3 rings (SSSR count). The first-order valence-electron chi connectivity index (χ1n) is 9.36. The Bertz CT molecular complexity index is 1210. The van der Waals surface area contributed by atoms with Crippen LogP contribution in [0.15, 0.2) is 53.3 Å². The third-order valence-corrected chi connectivity index (χ3v) is 4.56. The normalized spacial score (nSPS) is 10.5. The third kappa shape index (κ3) is 4.89. The van der Waals surface area contributed by atoms with Crippen LogP contribution in [0, 0.1) is 15.9 Å². The molecule has 1 N–H and O–H groups in total. The van der Waals surface area contributed by atoms with Gasteiger partial charge in [0.05, 0.1) is 37.4 Å². The zero-order valence-corrected chi connectivity index (χ0v) is 17.2. The number of methoxy groups -OCH3 is 2. The van der Waals surface area contributed by atoms with Gasteiger partial charge in [0, 0.05) is 24.2 Å². The lowest BCUT2D eigenvalue weighted by Gasteiger charge is -2.11. The lowest BCUT2D eigenvalue weighted by atomic mass is 10.1. The quantitative estimate of drug-likeness (QED) is 0.419. The van der Waals surface area contributed by atoms with E-state index >= 15 is 0 Å². The lowest BCUT2D eigenvalue weighted by molar-refractivity contribution is -0.385. The van der Waals surface area contributed by atoms with E-state index in [0.29, 0.717) is 11.3 Å². The van der Waals surface area contributed by atoms with Gasteiger partial charge in [-0.05, 0) is 30.3 Å². The van der Waals surface area contributed by atoms with Crippen molar-refractivity contribution in [2.75, 3.05) is 20.8 Å². The fourth-order valence-corrected chi connectivity index (χ4v) is 2.96. The summed E-state index contributed by atoms with van der Waals surface area (Å²) in [5, 5.41) is 18.1. The van der Waals surface area contributed by atoms with Crippen molar-refractivity contribution in [1.82, 2.24) is 15.1 Å². The Kier molecular flexibility index (Phi) is 6.78. The van der Waals surface area contributed by atoms with Crippen LogP contribution in [0.5, 0.6) is 11.5 Å². The van der Waals surface area contributed by atoms with Gasteiger partial charge in [0.1, 0.15) is 11.4 Å². The number of aromatic nitrogens is 2. The van der Waals surface area contributed by atoms with Crippen LogP contribution in [0.3, 0.4) is 0 Å². The fraction of sp³-hybridized carbons (Fsp3) is 0.190. The minimum absolute atomic E-state index is 0.0146. The molecule has 1 aromatic heterocycles. The average molecular weight is 442 g/mol. The molecule has 0 radical (unpaired) electrons. The molecule has 32 heavy (non-hydrogen) atoms. The molecule has 0 aliphatic heterocycles. The lowest BCUT2D eigenvalue weighted by Crippen LogP contribution is -2.32. The molecule has 0 atom stereocenters. The van der Waals surface area contributed by atoms with Gasteiger partial charge in [-0.3, -0.25) is 19.7 Å². The Labute approximate surface area is 181 Å². The van der Waals surface area contributed by atoms with Gasteiger partial charge in [0.15, 0.2) is 11.5 Å². The molecule has 11 heteroatoms. The Hall–Kier alpha value is -4.28. The summed E-state index contributed by atoms with van der Waals surface area (Å²) >= 11 is 0. The van der Waals surface area contributed by atoms with Crippen molar-refractivity contribution in [1.29, 1.82) is 0 Å². The summed E-state index contributed by atoms with van der Waals surface area (Å²) in [6.07, 6.45) is 0. The minimum atomic E-state index is -0.722. The summed E-state index contributed by atoms with van der Waals surface area (Å²) in [6.45, 7) is -0.00912. The molecule has 0 bridgehead atoms. The Balaban J connectivity index is 1.76. The summed E-state index contributed by atoms with van der Waals surface area (Å²) in [5.41, 5.74) is 0.000527. The minimum Gasteiger partial charge on any atom is -0.493 e. The molecular weight excluding hydrogens is 423 g/mol. The van der Waals surface area contributed by atoms with Gasteiger partial charge in [0.25, 0.3) is 17.2 Å². The first-order valence-corrected chi connectivity index (χ1v) is 9.36. The number of hydrogen-bond acceptors (Lipinski definition) is 7. The zero-order valence-electron chi connectivity index (χ0n) is 17.2. The van der Waals surface area contributed by atoms with E-state index in [4.69, 9.17) is 9.47 Å². The van der Waals surface area contributed by atoms with Crippen molar-refractivity contribution < 1.29 is 23.6 Å². The van der Waals surface area contributed by atoms with E-state index < -0.39 is 27.9 Å². The highest BCUT2D eigenvalue weighted by Gasteiger charge is 2.24. The van der Waals surface area contributed by atoms with Crippen molar-refractivity contribution >= 4 is 11.6 Å². The number of nitro groups is 1. The second-order valence-corrected chi connectivity index (χ2v) is 6.52. The van der Waals surface area contributed by atoms with Crippen LogP contribution in [0.25, 0.3) is 11.3 Å². The zero-order chi connectivity index (χ0) is 23.3. The molecule has 3 aromatic rings. The number of nitro benzene ring substituents is 1. The van der Waals surface area contributed by atoms with Gasteiger partial charge < -0.3 is 14.8 Å². The highest BCUT2D eigenvalue weighted by atomic mass is 19.1. The standard InChI is InChI=1S/C21H19FN4O6/c1-31-18-11-15(17(26(29)30)12-19(18)32-2)21(28)23-9-10-25-20(27)8-7-16(24-25)13-3-5-14(22)6-4-13/h3-8,11-12H,9-10H2,1-2H3,(H,23,28). The monoisotopic (exact) mass is 442 g/mol. The van der Waals surface area contributed by atoms with Crippen LogP contribution in [0.2, 0.25) is 0 Å². The number of ether oxygens (including phenoxy) is 2. The predicted octanol–water partition coefficient (Wildman–Crippen LogP) is 2.40. The predicted molar refractivity (Wildman–Crippen MR) is 112 cm³/mol. The molecule has 10 nitrogen and oxygen atoms in total. The van der Waals surface area contributed by atoms with E-state index in [1.165, 1.54) is 56.7 Å². The summed E-state index contributed by atoms with van der Waals surface area (Å²) in [7, 11) is 2.67. The van der Waals surface area contributed by atoms with Gasteiger partial charge in [-0.2, -0.15) is 5.10 Å². The Morgan fingerprint density at radius 3 is 2.41 bits per heavy atom. The molecule has 0 fully saturated rings. The molecule has 2 aromatic carbocycles. The van der Waals surface area contributed by atoms with E-state index in [9.17, 15) is 24.1 Å². The van der Waals surface area contributed by atoms with Crippen molar-refractivity contribution in [2.45, 2.75) is 6.54 Å². The first kappa shape index (κ1) is 22.4. The summed E-state index contributed by atoms with van der Waals surface area (Å²) in [5.74, 6) is -0.841. The Morgan fingerprint density at radius 2 is 1.78 bits per heavy atom. The molecule has 0 saturated carbocycles. The number of halogens is 1. The Morgan fingerprint density at radius 1 is 1.12 bits per heavy atom. The van der Waals surface area contributed by atoms with Crippen molar-refractivity contribution in [3.63, 3.8) is 0 Å². The molecule has 166 valence electrons. The second kappa shape index (κ2) is 9.69. The molecule has 1 amide bonds. The van der Waals surface area contributed by atoms with E-state index in [-0.39, 0.29) is 30.2 Å². The highest BCUT2D eigenvalue weighted by Crippen LogP contribution is 2.34. The van der Waals surface area contributed by atoms with E-state index in [1.54, 1.807) is 0 Å². The number of amides is 1. The maximum Gasteiger partial charge on any atom is 0.286 e. The number of nitrogens with zero attached hydrogens (tertiary/aromatic N) is 3. The number of rotatable bonds is 8. The van der Waals surface area contributed by atoms with Crippen LogP contribution in [0.4, 0.5) is 10.1 Å². The molecule has 0 saturated heterocycles. The van der Waals surface area contributed by atoms with Gasteiger partial charge in [-0.25, -0.2) is 9.07 Å². The molecule has 0 aliphatic rings. The largest absolute Gasteiger partial charge is 0.493 e. The molecule has 0 aliphatic carbocycles. The van der Waals surface area contributed by atoms with Crippen LogP contribution < -0.4 is 20.3 Å². The maximum absolute atomic E-state index is 13.1. The third-order valence-electron chi connectivity index (χ3n) is 4.56.